The molecule has 0 aliphatic carbocycles. The Morgan fingerprint density at radius 2 is 1.32 bits per heavy atom. The molecule has 140 valence electrons. The summed E-state index contributed by atoms with van der Waals surface area (Å²) in [7, 11) is 0. The number of aliphatic carboxylic acids is 1. The van der Waals surface area contributed by atoms with Gasteiger partial charge in [-0.15, -0.1) is 0 Å². The van der Waals surface area contributed by atoms with Crippen LogP contribution in [0, 0.1) is 0 Å². The minimum Gasteiger partial charge on any atom is -0.481 e. The number of aliphatic hydroxyl groups excluding tert-OH is 1. The van der Waals surface area contributed by atoms with E-state index in [9.17, 15) is 9.90 Å². The fourth-order valence-electron chi connectivity index (χ4n) is 2.08. The van der Waals surface area contributed by atoms with Crippen LogP contribution in [0.25, 0.3) is 0 Å². The molecule has 25 heavy (non-hydrogen) atoms. The van der Waals surface area contributed by atoms with Gasteiger partial charge in [-0.05, 0) is 51.4 Å². The standard InChI is InChI=1S/C22H34O3/c1-2-3-4-5-6-7-8-9-12-15-18-21(23)19-16-13-10-11-14-17-20-22(24)25/h3-4,6-7,9,11-14,16,21,23H,2,5,8,10,15,17-20H2,1H3,(H,24,25)/b4-3-,7-6-,12-9-,14-11-,16-13-. The quantitative estimate of drug-likeness (QED) is 0.372. The van der Waals surface area contributed by atoms with Crippen molar-refractivity contribution >= 4 is 5.97 Å². The van der Waals surface area contributed by atoms with Crippen molar-refractivity contribution in [3.63, 3.8) is 0 Å². The number of aliphatic hydroxyl groups is 1. The third-order valence-electron chi connectivity index (χ3n) is 3.49. The van der Waals surface area contributed by atoms with Crippen LogP contribution < -0.4 is 0 Å². The molecule has 3 nitrogen and oxygen atoms in total. The average molecular weight is 347 g/mol. The first-order valence-corrected chi connectivity index (χ1v) is 9.31. The predicted octanol–water partition coefficient (Wildman–Crippen LogP) is 5.74. The summed E-state index contributed by atoms with van der Waals surface area (Å²) in [5, 5.41) is 18.4. The lowest BCUT2D eigenvalue weighted by Gasteiger charge is -2.04. The van der Waals surface area contributed by atoms with E-state index in [1.54, 1.807) is 0 Å². The second kappa shape index (κ2) is 18.5. The topological polar surface area (TPSA) is 57.5 Å². The Bertz CT molecular complexity index is 456. The summed E-state index contributed by atoms with van der Waals surface area (Å²) in [4.78, 5) is 10.3. The third kappa shape index (κ3) is 20.1. The van der Waals surface area contributed by atoms with Crippen molar-refractivity contribution in [2.75, 3.05) is 0 Å². The van der Waals surface area contributed by atoms with Crippen molar-refractivity contribution < 1.29 is 15.0 Å². The van der Waals surface area contributed by atoms with Crippen LogP contribution in [0.3, 0.4) is 0 Å². The molecule has 0 radical (unpaired) electrons. The molecule has 0 aliphatic rings. The largest absolute Gasteiger partial charge is 0.481 e. The molecule has 0 spiro atoms. The molecule has 0 aromatic rings. The lowest BCUT2D eigenvalue weighted by atomic mass is 10.1. The first kappa shape index (κ1) is 23.1. The highest BCUT2D eigenvalue weighted by Gasteiger charge is 1.98. The molecule has 0 bridgehead atoms. The normalized spacial score (nSPS) is 14.0. The minimum absolute atomic E-state index is 0.179. The van der Waals surface area contributed by atoms with E-state index in [0.717, 1.165) is 38.5 Å². The van der Waals surface area contributed by atoms with Crippen molar-refractivity contribution in [1.29, 1.82) is 0 Å². The summed E-state index contributed by atoms with van der Waals surface area (Å²) in [5.41, 5.74) is 0. The number of carbonyl (C=O) groups is 1. The first-order chi connectivity index (χ1) is 12.2. The molecule has 0 heterocycles. The van der Waals surface area contributed by atoms with Crippen LogP contribution in [-0.4, -0.2) is 22.3 Å². The minimum atomic E-state index is -0.766. The summed E-state index contributed by atoms with van der Waals surface area (Å²) in [5.74, 6) is -0.766. The van der Waals surface area contributed by atoms with E-state index >= 15 is 0 Å². The lowest BCUT2D eigenvalue weighted by Crippen LogP contribution is -2.03. The van der Waals surface area contributed by atoms with Gasteiger partial charge in [0, 0.05) is 6.42 Å². The van der Waals surface area contributed by atoms with Crippen molar-refractivity contribution in [1.82, 2.24) is 0 Å². The van der Waals surface area contributed by atoms with Crippen molar-refractivity contribution in [3.05, 3.63) is 60.8 Å². The third-order valence-corrected chi connectivity index (χ3v) is 3.49. The Labute approximate surface area is 153 Å². The Kier molecular flexibility index (Phi) is 17.1. The van der Waals surface area contributed by atoms with Crippen LogP contribution in [0.5, 0.6) is 0 Å². The highest BCUT2D eigenvalue weighted by Crippen LogP contribution is 2.05. The van der Waals surface area contributed by atoms with Gasteiger partial charge in [-0.25, -0.2) is 0 Å². The van der Waals surface area contributed by atoms with E-state index in [4.69, 9.17) is 5.11 Å². The monoisotopic (exact) mass is 346 g/mol. The molecule has 0 aliphatic heterocycles. The molecule has 1 unspecified atom stereocenters. The number of carboxylic acid groups (broad SMARTS) is 1. The Hall–Kier alpha value is -1.87. The Balaban J connectivity index is 3.58. The van der Waals surface area contributed by atoms with Crippen LogP contribution in [0.1, 0.15) is 64.7 Å². The molecule has 0 rings (SSSR count). The molecule has 3 heteroatoms. The number of carboxylic acids is 1. The van der Waals surface area contributed by atoms with Crippen LogP contribution in [0.4, 0.5) is 0 Å². The van der Waals surface area contributed by atoms with Crippen molar-refractivity contribution in [2.24, 2.45) is 0 Å². The van der Waals surface area contributed by atoms with Gasteiger partial charge in [0.2, 0.25) is 0 Å². The maximum absolute atomic E-state index is 10.3. The fourth-order valence-corrected chi connectivity index (χ4v) is 2.08. The maximum atomic E-state index is 10.3. The van der Waals surface area contributed by atoms with Gasteiger partial charge in [-0.3, -0.25) is 4.79 Å². The molecule has 2 N–H and O–H groups in total. The second-order valence-corrected chi connectivity index (χ2v) is 5.87. The molecule has 0 amide bonds. The zero-order chi connectivity index (χ0) is 18.6. The first-order valence-electron chi connectivity index (χ1n) is 9.31. The highest BCUT2D eigenvalue weighted by atomic mass is 16.4. The zero-order valence-electron chi connectivity index (χ0n) is 15.5. The highest BCUT2D eigenvalue weighted by molar-refractivity contribution is 5.66. The van der Waals surface area contributed by atoms with E-state index in [1.165, 1.54) is 0 Å². The van der Waals surface area contributed by atoms with Crippen LogP contribution >= 0.6 is 0 Å². The summed E-state index contributed by atoms with van der Waals surface area (Å²) >= 11 is 0. The van der Waals surface area contributed by atoms with Crippen LogP contribution in [-0.2, 0) is 4.79 Å². The number of hydrogen-bond acceptors (Lipinski definition) is 2. The van der Waals surface area contributed by atoms with E-state index in [2.05, 4.69) is 43.4 Å². The fraction of sp³-hybridized carbons (Fsp3) is 0.500. The molecular formula is C22H34O3. The van der Waals surface area contributed by atoms with Crippen LogP contribution in [0.2, 0.25) is 0 Å². The van der Waals surface area contributed by atoms with Gasteiger partial charge in [0.15, 0.2) is 0 Å². The average Bonchev–Trinajstić information content (AvgIpc) is 2.58. The Morgan fingerprint density at radius 3 is 1.92 bits per heavy atom. The van der Waals surface area contributed by atoms with Gasteiger partial charge in [-0.2, -0.15) is 0 Å². The molecule has 0 fully saturated rings. The van der Waals surface area contributed by atoms with Gasteiger partial charge < -0.3 is 10.2 Å². The maximum Gasteiger partial charge on any atom is 0.303 e. The molecule has 0 saturated carbocycles. The number of allylic oxidation sites excluding steroid dienone is 9. The van der Waals surface area contributed by atoms with Crippen LogP contribution in [0.15, 0.2) is 60.8 Å². The molecular weight excluding hydrogens is 312 g/mol. The van der Waals surface area contributed by atoms with Gasteiger partial charge in [0.25, 0.3) is 0 Å². The Morgan fingerprint density at radius 1 is 0.800 bits per heavy atom. The summed E-state index contributed by atoms with van der Waals surface area (Å²) in [6.07, 6.45) is 27.4. The zero-order valence-corrected chi connectivity index (χ0v) is 15.5. The summed E-state index contributed by atoms with van der Waals surface area (Å²) in [6, 6.07) is 0. The summed E-state index contributed by atoms with van der Waals surface area (Å²) < 4.78 is 0. The van der Waals surface area contributed by atoms with E-state index in [-0.39, 0.29) is 12.5 Å². The van der Waals surface area contributed by atoms with Gasteiger partial charge in [0.1, 0.15) is 0 Å². The molecule has 0 saturated heterocycles. The smallest absolute Gasteiger partial charge is 0.303 e. The van der Waals surface area contributed by atoms with Crippen molar-refractivity contribution in [2.45, 2.75) is 70.8 Å². The predicted molar refractivity (Wildman–Crippen MR) is 107 cm³/mol. The van der Waals surface area contributed by atoms with Gasteiger partial charge in [-0.1, -0.05) is 67.7 Å². The molecule has 1 atom stereocenters. The van der Waals surface area contributed by atoms with E-state index < -0.39 is 5.97 Å². The van der Waals surface area contributed by atoms with E-state index in [0.29, 0.717) is 12.8 Å². The van der Waals surface area contributed by atoms with Crippen molar-refractivity contribution in [3.8, 4) is 0 Å². The molecule has 0 aromatic carbocycles. The van der Waals surface area contributed by atoms with Gasteiger partial charge in [0.05, 0.1) is 6.10 Å². The molecule has 0 aromatic heterocycles. The summed E-state index contributed by atoms with van der Waals surface area (Å²) in [6.45, 7) is 2.13. The van der Waals surface area contributed by atoms with Gasteiger partial charge >= 0.3 is 5.97 Å². The number of hydrogen-bond donors (Lipinski definition) is 2. The number of rotatable bonds is 15. The van der Waals surface area contributed by atoms with E-state index in [1.807, 2.05) is 24.3 Å². The lowest BCUT2D eigenvalue weighted by molar-refractivity contribution is -0.136. The second-order valence-electron chi connectivity index (χ2n) is 5.87. The SMILES string of the molecule is CC/C=C\C/C=C\C/C=C\CCC(O)C/C=C\C/C=C\CCC(=O)O.